The van der Waals surface area contributed by atoms with E-state index < -0.39 is 11.7 Å². The van der Waals surface area contributed by atoms with Crippen molar-refractivity contribution in [2.45, 2.75) is 18.7 Å². The molecular formula is C11H12F3NO2. The maximum absolute atomic E-state index is 12.5. The molecule has 1 aliphatic heterocycles. The first-order valence-corrected chi connectivity index (χ1v) is 5.17. The summed E-state index contributed by atoms with van der Waals surface area (Å²) in [6, 6.07) is 3.22. The lowest BCUT2D eigenvalue weighted by molar-refractivity contribution is -0.137. The second-order valence-electron chi connectivity index (χ2n) is 3.89. The van der Waals surface area contributed by atoms with Crippen molar-refractivity contribution in [3.05, 3.63) is 23.8 Å². The molecule has 6 heteroatoms. The molecule has 3 nitrogen and oxygen atoms in total. The summed E-state index contributed by atoms with van der Waals surface area (Å²) < 4.78 is 48.0. The number of nitrogens with two attached hydrogens (primary N) is 1. The summed E-state index contributed by atoms with van der Waals surface area (Å²) in [6.07, 6.45) is -3.94. The molecule has 1 atom stereocenters. The Bertz CT molecular complexity index is 400. The van der Waals surface area contributed by atoms with Gasteiger partial charge in [-0.05, 0) is 12.1 Å². The highest BCUT2D eigenvalue weighted by atomic mass is 19.4. The normalized spacial score (nSPS) is 20.5. The van der Waals surface area contributed by atoms with Gasteiger partial charge in [0.05, 0.1) is 18.8 Å². The van der Waals surface area contributed by atoms with Crippen molar-refractivity contribution in [3.63, 3.8) is 0 Å². The minimum absolute atomic E-state index is 0.0359. The third-order valence-electron chi connectivity index (χ3n) is 2.45. The fraction of sp³-hybridized carbons (Fsp3) is 0.455. The highest BCUT2D eigenvalue weighted by Gasteiger charge is 2.31. The van der Waals surface area contributed by atoms with E-state index in [0.717, 1.165) is 12.1 Å². The van der Waals surface area contributed by atoms with Crippen LogP contribution in [0.3, 0.4) is 0 Å². The van der Waals surface area contributed by atoms with Gasteiger partial charge in [0.2, 0.25) is 0 Å². The van der Waals surface area contributed by atoms with Gasteiger partial charge >= 0.3 is 6.18 Å². The first kappa shape index (κ1) is 12.0. The van der Waals surface area contributed by atoms with E-state index in [9.17, 15) is 13.2 Å². The summed E-state index contributed by atoms with van der Waals surface area (Å²) in [5.41, 5.74) is 4.66. The van der Waals surface area contributed by atoms with Crippen LogP contribution >= 0.6 is 0 Å². The van der Waals surface area contributed by atoms with E-state index in [2.05, 4.69) is 0 Å². The van der Waals surface area contributed by atoms with Crippen LogP contribution in [-0.4, -0.2) is 19.3 Å². The molecule has 1 heterocycles. The van der Waals surface area contributed by atoms with Gasteiger partial charge in [0.1, 0.15) is 11.9 Å². The van der Waals surface area contributed by atoms with Gasteiger partial charge in [-0.1, -0.05) is 0 Å². The van der Waals surface area contributed by atoms with Crippen LogP contribution < -0.4 is 10.5 Å². The summed E-state index contributed by atoms with van der Waals surface area (Å²) in [5, 5.41) is 0. The van der Waals surface area contributed by atoms with Crippen molar-refractivity contribution in [2.75, 3.05) is 18.9 Å². The zero-order valence-electron chi connectivity index (χ0n) is 8.96. The van der Waals surface area contributed by atoms with E-state index in [1.165, 1.54) is 6.07 Å². The molecule has 0 amide bonds. The molecule has 17 heavy (non-hydrogen) atoms. The van der Waals surface area contributed by atoms with Crippen molar-refractivity contribution in [1.29, 1.82) is 0 Å². The maximum Gasteiger partial charge on any atom is 0.416 e. The number of benzene rings is 1. The minimum Gasteiger partial charge on any atom is -0.488 e. The fourth-order valence-corrected chi connectivity index (χ4v) is 1.65. The number of hydrogen-bond donors (Lipinski definition) is 1. The number of rotatable bonds is 2. The highest BCUT2D eigenvalue weighted by Crippen LogP contribution is 2.33. The third kappa shape index (κ3) is 3.03. The lowest BCUT2D eigenvalue weighted by Crippen LogP contribution is -2.16. The van der Waals surface area contributed by atoms with E-state index in [4.69, 9.17) is 15.2 Å². The second kappa shape index (κ2) is 4.44. The van der Waals surface area contributed by atoms with Crippen LogP contribution in [0.5, 0.6) is 5.75 Å². The standard InChI is InChI=1S/C11H12F3NO2/c12-11(13,14)7-3-8(15)5-10(4-7)17-9-1-2-16-6-9/h3-5,9H,1-2,6,15H2. The molecule has 0 aliphatic carbocycles. The summed E-state index contributed by atoms with van der Waals surface area (Å²) in [6.45, 7) is 0.968. The molecule has 0 saturated carbocycles. The Labute approximate surface area is 96.3 Å². The van der Waals surface area contributed by atoms with Crippen molar-refractivity contribution in [3.8, 4) is 5.75 Å². The van der Waals surface area contributed by atoms with Crippen LogP contribution in [0.1, 0.15) is 12.0 Å². The molecule has 1 unspecified atom stereocenters. The predicted octanol–water partition coefficient (Wildman–Crippen LogP) is 2.46. The third-order valence-corrected chi connectivity index (χ3v) is 2.45. The van der Waals surface area contributed by atoms with Gasteiger partial charge in [-0.3, -0.25) is 0 Å². The molecule has 94 valence electrons. The van der Waals surface area contributed by atoms with Crippen LogP contribution in [-0.2, 0) is 10.9 Å². The molecule has 2 N–H and O–H groups in total. The molecule has 0 bridgehead atoms. The van der Waals surface area contributed by atoms with Crippen LogP contribution in [0.25, 0.3) is 0 Å². The van der Waals surface area contributed by atoms with Gasteiger partial charge in [-0.2, -0.15) is 13.2 Å². The average molecular weight is 247 g/mol. The van der Waals surface area contributed by atoms with E-state index >= 15 is 0 Å². The summed E-state index contributed by atoms with van der Waals surface area (Å²) in [7, 11) is 0. The van der Waals surface area contributed by atoms with Gasteiger partial charge < -0.3 is 15.2 Å². The average Bonchev–Trinajstić information content (AvgIpc) is 2.68. The molecule has 1 aromatic carbocycles. The number of alkyl halides is 3. The number of hydrogen-bond acceptors (Lipinski definition) is 3. The van der Waals surface area contributed by atoms with Crippen LogP contribution in [0.4, 0.5) is 18.9 Å². The molecule has 0 spiro atoms. The van der Waals surface area contributed by atoms with Gasteiger partial charge in [-0.15, -0.1) is 0 Å². The maximum atomic E-state index is 12.5. The Balaban J connectivity index is 2.19. The first-order valence-electron chi connectivity index (χ1n) is 5.17. The number of anilines is 1. The van der Waals surface area contributed by atoms with Gasteiger partial charge in [0.25, 0.3) is 0 Å². The molecule has 1 saturated heterocycles. The summed E-state index contributed by atoms with van der Waals surface area (Å²) in [4.78, 5) is 0. The van der Waals surface area contributed by atoms with E-state index in [1.54, 1.807) is 0 Å². The molecule has 1 aromatic rings. The zero-order valence-corrected chi connectivity index (χ0v) is 8.96. The van der Waals surface area contributed by atoms with Crippen molar-refractivity contribution in [1.82, 2.24) is 0 Å². The number of nitrogen functional groups attached to an aromatic ring is 1. The molecule has 2 rings (SSSR count). The van der Waals surface area contributed by atoms with Crippen LogP contribution in [0, 0.1) is 0 Å². The lowest BCUT2D eigenvalue weighted by Gasteiger charge is -2.14. The Morgan fingerprint density at radius 3 is 2.65 bits per heavy atom. The molecule has 1 aliphatic rings. The van der Waals surface area contributed by atoms with E-state index in [1.807, 2.05) is 0 Å². The molecule has 0 aromatic heterocycles. The minimum atomic E-state index is -4.42. The SMILES string of the molecule is Nc1cc(OC2CCOC2)cc(C(F)(F)F)c1. The van der Waals surface area contributed by atoms with Gasteiger partial charge in [0.15, 0.2) is 0 Å². The number of halogens is 3. The quantitative estimate of drug-likeness (QED) is 0.816. The fourth-order valence-electron chi connectivity index (χ4n) is 1.65. The predicted molar refractivity (Wildman–Crippen MR) is 55.7 cm³/mol. The van der Waals surface area contributed by atoms with Gasteiger partial charge in [-0.25, -0.2) is 0 Å². The Hall–Kier alpha value is -1.43. The highest BCUT2D eigenvalue weighted by molar-refractivity contribution is 5.48. The summed E-state index contributed by atoms with van der Waals surface area (Å²) in [5.74, 6) is 0.132. The van der Waals surface area contributed by atoms with Crippen LogP contribution in [0.2, 0.25) is 0 Å². The van der Waals surface area contributed by atoms with Gasteiger partial charge in [0, 0.05) is 18.2 Å². The lowest BCUT2D eigenvalue weighted by atomic mass is 10.2. The van der Waals surface area contributed by atoms with Crippen molar-refractivity contribution >= 4 is 5.69 Å². The molecule has 0 radical (unpaired) electrons. The first-order chi connectivity index (χ1) is 7.95. The number of ether oxygens (including phenoxy) is 2. The zero-order chi connectivity index (χ0) is 12.5. The smallest absolute Gasteiger partial charge is 0.416 e. The second-order valence-corrected chi connectivity index (χ2v) is 3.89. The largest absolute Gasteiger partial charge is 0.488 e. The summed E-state index contributed by atoms with van der Waals surface area (Å²) >= 11 is 0. The monoisotopic (exact) mass is 247 g/mol. The topological polar surface area (TPSA) is 44.5 Å². The van der Waals surface area contributed by atoms with E-state index in [0.29, 0.717) is 19.6 Å². The Morgan fingerprint density at radius 2 is 2.06 bits per heavy atom. The Morgan fingerprint density at radius 1 is 1.29 bits per heavy atom. The van der Waals surface area contributed by atoms with Crippen molar-refractivity contribution < 1.29 is 22.6 Å². The molecule has 1 fully saturated rings. The van der Waals surface area contributed by atoms with E-state index in [-0.39, 0.29) is 17.5 Å². The Kier molecular flexibility index (Phi) is 3.15. The molecular weight excluding hydrogens is 235 g/mol. The van der Waals surface area contributed by atoms with Crippen LogP contribution in [0.15, 0.2) is 18.2 Å². The van der Waals surface area contributed by atoms with Crippen molar-refractivity contribution in [2.24, 2.45) is 0 Å².